The maximum atomic E-state index is 15.2. The lowest BCUT2D eigenvalue weighted by Crippen LogP contribution is -2.28. The lowest BCUT2D eigenvalue weighted by Gasteiger charge is -2.23. The number of nitrogens with one attached hydrogen (secondary N) is 2. The second-order valence-electron chi connectivity index (χ2n) is 10.3. The lowest BCUT2D eigenvalue weighted by molar-refractivity contribution is -0.154. The van der Waals surface area contributed by atoms with Gasteiger partial charge in [0.15, 0.2) is 17.5 Å². The summed E-state index contributed by atoms with van der Waals surface area (Å²) in [5, 5.41) is 24.2. The third kappa shape index (κ3) is 7.60. The molecule has 4 rings (SSSR count). The highest BCUT2D eigenvalue weighted by molar-refractivity contribution is 5.70. The third-order valence-electron chi connectivity index (χ3n) is 5.84. The molecule has 0 bridgehead atoms. The number of hydrogen-bond donors (Lipinski definition) is 2. The molecule has 1 aromatic carbocycles. The minimum atomic E-state index is -0.680. The average Bonchev–Trinajstić information content (AvgIpc) is 3.44. The number of halogens is 1. The number of anilines is 3. The highest BCUT2D eigenvalue weighted by Gasteiger charge is 2.21. The zero-order chi connectivity index (χ0) is 28.7. The van der Waals surface area contributed by atoms with Crippen LogP contribution in [-0.4, -0.2) is 42.6 Å². The fraction of sp³-hybridized carbons (Fsp3) is 0.310. The summed E-state index contributed by atoms with van der Waals surface area (Å²) in [6, 6.07) is 14.2. The summed E-state index contributed by atoms with van der Waals surface area (Å²) < 4.78 is 20.6. The Labute approximate surface area is 232 Å². The van der Waals surface area contributed by atoms with Gasteiger partial charge in [0.2, 0.25) is 0 Å². The van der Waals surface area contributed by atoms with Gasteiger partial charge < -0.3 is 15.4 Å². The van der Waals surface area contributed by atoms with E-state index >= 15 is 4.39 Å². The predicted octanol–water partition coefficient (Wildman–Crippen LogP) is 5.27. The van der Waals surface area contributed by atoms with E-state index in [4.69, 9.17) is 4.74 Å². The van der Waals surface area contributed by atoms with E-state index in [9.17, 15) is 10.1 Å². The van der Waals surface area contributed by atoms with Gasteiger partial charge in [0, 0.05) is 12.5 Å². The van der Waals surface area contributed by atoms with Crippen LogP contribution < -0.4 is 10.6 Å². The number of ether oxygens (including phenoxy) is 1. The van der Waals surface area contributed by atoms with E-state index in [2.05, 4.69) is 30.8 Å². The molecule has 0 fully saturated rings. The van der Waals surface area contributed by atoms with E-state index < -0.39 is 11.4 Å². The number of aryl methyl sites for hydroxylation is 1. The van der Waals surface area contributed by atoms with Gasteiger partial charge in [-0.1, -0.05) is 30.3 Å². The standard InChI is InChI=1S/C29H31FN8O2/c1-19-25(38-33-12-13-34-38)16-23(18-32-19)36-27-21(17-31)15-24(30)28(37-27)35-22(14-20-8-6-5-7-9-20)10-11-26(39)40-29(2,3)4/h5-9,12-13,15-16,18,22H,10-11,14H2,1-4H3,(H2,35,36,37)/t22-/m0/s1. The summed E-state index contributed by atoms with van der Waals surface area (Å²) in [6.07, 6.45) is 5.75. The summed E-state index contributed by atoms with van der Waals surface area (Å²) in [4.78, 5) is 22.6. The molecule has 1 atom stereocenters. The van der Waals surface area contributed by atoms with Crippen LogP contribution in [0.1, 0.15) is 50.4 Å². The van der Waals surface area contributed by atoms with Crippen LogP contribution in [0.2, 0.25) is 0 Å². The highest BCUT2D eigenvalue weighted by atomic mass is 19.1. The van der Waals surface area contributed by atoms with Crippen molar-refractivity contribution in [2.75, 3.05) is 10.6 Å². The number of rotatable bonds is 10. The monoisotopic (exact) mass is 542 g/mol. The molecule has 0 saturated heterocycles. The first kappa shape index (κ1) is 28.2. The number of hydrogen-bond acceptors (Lipinski definition) is 9. The molecule has 0 radical (unpaired) electrons. The molecule has 0 spiro atoms. The SMILES string of the molecule is Cc1ncc(Nc2nc(N[C@@H](CCC(=O)OC(C)(C)C)Cc3ccccc3)c(F)cc2C#N)cc1-n1nccn1. The van der Waals surface area contributed by atoms with Crippen LogP contribution in [0.25, 0.3) is 5.69 Å². The van der Waals surface area contributed by atoms with Crippen LogP contribution >= 0.6 is 0 Å². The molecule has 10 nitrogen and oxygen atoms in total. The first-order chi connectivity index (χ1) is 19.1. The fourth-order valence-corrected chi connectivity index (χ4v) is 4.04. The third-order valence-corrected chi connectivity index (χ3v) is 5.84. The number of carbonyl (C=O) groups is 1. The molecule has 0 aliphatic heterocycles. The predicted molar refractivity (Wildman–Crippen MR) is 149 cm³/mol. The van der Waals surface area contributed by atoms with E-state index in [-0.39, 0.29) is 35.6 Å². The molecule has 0 amide bonds. The Morgan fingerprint density at radius 2 is 1.88 bits per heavy atom. The molecule has 3 aromatic heterocycles. The first-order valence-electron chi connectivity index (χ1n) is 12.8. The molecule has 40 heavy (non-hydrogen) atoms. The molecule has 0 saturated carbocycles. The smallest absolute Gasteiger partial charge is 0.306 e. The summed E-state index contributed by atoms with van der Waals surface area (Å²) in [7, 11) is 0. The van der Waals surface area contributed by atoms with Crippen molar-refractivity contribution in [2.45, 2.75) is 58.6 Å². The number of nitrogens with zero attached hydrogens (tertiary/aromatic N) is 6. The molecule has 4 aromatic rings. The molecule has 0 aliphatic rings. The summed E-state index contributed by atoms with van der Waals surface area (Å²) >= 11 is 0. The number of esters is 1. The van der Waals surface area contributed by atoms with Crippen molar-refractivity contribution < 1.29 is 13.9 Å². The van der Waals surface area contributed by atoms with E-state index in [0.717, 1.165) is 11.6 Å². The van der Waals surface area contributed by atoms with Crippen LogP contribution in [-0.2, 0) is 16.0 Å². The highest BCUT2D eigenvalue weighted by Crippen LogP contribution is 2.26. The molecular formula is C29H31FN8O2. The van der Waals surface area contributed by atoms with Gasteiger partial charge in [0.1, 0.15) is 17.4 Å². The average molecular weight is 543 g/mol. The van der Waals surface area contributed by atoms with E-state index in [0.29, 0.717) is 29.9 Å². The Kier molecular flexibility index (Phi) is 8.69. The Morgan fingerprint density at radius 1 is 1.15 bits per heavy atom. The summed E-state index contributed by atoms with van der Waals surface area (Å²) in [5.74, 6) is -0.902. The van der Waals surface area contributed by atoms with Crippen molar-refractivity contribution in [1.82, 2.24) is 25.0 Å². The van der Waals surface area contributed by atoms with E-state index in [1.165, 1.54) is 4.80 Å². The van der Waals surface area contributed by atoms with E-state index in [1.807, 2.05) is 64.1 Å². The van der Waals surface area contributed by atoms with Crippen molar-refractivity contribution in [3.8, 4) is 11.8 Å². The van der Waals surface area contributed by atoms with Crippen molar-refractivity contribution >= 4 is 23.3 Å². The normalized spacial score (nSPS) is 11.9. The topological polar surface area (TPSA) is 131 Å². The molecule has 11 heteroatoms. The number of carbonyl (C=O) groups excluding carboxylic acids is 1. The maximum Gasteiger partial charge on any atom is 0.306 e. The van der Waals surface area contributed by atoms with Gasteiger partial charge in [-0.05, 0) is 58.2 Å². The zero-order valence-corrected chi connectivity index (χ0v) is 22.8. The lowest BCUT2D eigenvalue weighted by atomic mass is 10.0. The quantitative estimate of drug-likeness (QED) is 0.257. The Balaban J connectivity index is 1.59. The van der Waals surface area contributed by atoms with Crippen LogP contribution in [0, 0.1) is 24.1 Å². The number of benzene rings is 1. The van der Waals surface area contributed by atoms with Crippen LogP contribution in [0.5, 0.6) is 0 Å². The van der Waals surface area contributed by atoms with Gasteiger partial charge in [-0.2, -0.15) is 15.5 Å². The van der Waals surface area contributed by atoms with Gasteiger partial charge in [0.05, 0.1) is 35.5 Å². The van der Waals surface area contributed by atoms with Gasteiger partial charge in [-0.25, -0.2) is 9.37 Å². The van der Waals surface area contributed by atoms with Gasteiger partial charge in [-0.3, -0.25) is 9.78 Å². The summed E-state index contributed by atoms with van der Waals surface area (Å²) in [5.41, 5.74) is 2.30. The van der Waals surface area contributed by atoms with Gasteiger partial charge in [0.25, 0.3) is 0 Å². The Morgan fingerprint density at radius 3 is 2.55 bits per heavy atom. The molecule has 3 heterocycles. The molecule has 206 valence electrons. The zero-order valence-electron chi connectivity index (χ0n) is 22.8. The van der Waals surface area contributed by atoms with Crippen LogP contribution in [0.15, 0.2) is 61.1 Å². The molecule has 0 aliphatic carbocycles. The molecule has 2 N–H and O–H groups in total. The number of nitriles is 1. The minimum Gasteiger partial charge on any atom is -0.460 e. The second-order valence-corrected chi connectivity index (χ2v) is 10.3. The van der Waals surface area contributed by atoms with Crippen LogP contribution in [0.3, 0.4) is 0 Å². The molecular weight excluding hydrogens is 511 g/mol. The minimum absolute atomic E-state index is 0.0238. The number of pyridine rings is 2. The van der Waals surface area contributed by atoms with Crippen molar-refractivity contribution in [3.63, 3.8) is 0 Å². The van der Waals surface area contributed by atoms with Gasteiger partial charge in [-0.15, -0.1) is 4.80 Å². The van der Waals surface area contributed by atoms with Crippen molar-refractivity contribution in [1.29, 1.82) is 5.26 Å². The van der Waals surface area contributed by atoms with E-state index in [1.54, 1.807) is 24.7 Å². The van der Waals surface area contributed by atoms with Gasteiger partial charge >= 0.3 is 5.97 Å². The maximum absolute atomic E-state index is 15.2. The number of aromatic nitrogens is 5. The first-order valence-corrected chi connectivity index (χ1v) is 12.8. The van der Waals surface area contributed by atoms with Crippen molar-refractivity contribution in [3.05, 3.63) is 83.7 Å². The van der Waals surface area contributed by atoms with Crippen LogP contribution in [0.4, 0.5) is 21.7 Å². The Bertz CT molecular complexity index is 1500. The second kappa shape index (κ2) is 12.3. The fourth-order valence-electron chi connectivity index (χ4n) is 4.04. The van der Waals surface area contributed by atoms with Crippen molar-refractivity contribution in [2.24, 2.45) is 0 Å². The largest absolute Gasteiger partial charge is 0.460 e. The summed E-state index contributed by atoms with van der Waals surface area (Å²) in [6.45, 7) is 7.26. The Hall–Kier alpha value is -4.85. The molecule has 0 unspecified atom stereocenters.